The Morgan fingerprint density at radius 1 is 0.895 bits per heavy atom. The molecule has 6 nitrogen and oxygen atoms in total. The molecule has 3 aromatic carbocycles. The third-order valence-electron chi connectivity index (χ3n) is 7.38. The molecule has 2 fully saturated rings. The second-order valence-corrected chi connectivity index (χ2v) is 12.0. The van der Waals surface area contributed by atoms with E-state index in [1.165, 1.54) is 5.56 Å². The molecular formula is C30H32Br2N4O2. The van der Waals surface area contributed by atoms with Crippen molar-refractivity contribution in [1.82, 2.24) is 9.80 Å². The van der Waals surface area contributed by atoms with Crippen LogP contribution in [0.3, 0.4) is 0 Å². The van der Waals surface area contributed by atoms with E-state index in [9.17, 15) is 9.59 Å². The lowest BCUT2D eigenvalue weighted by molar-refractivity contribution is -0.122. The molecule has 2 aliphatic rings. The van der Waals surface area contributed by atoms with E-state index in [0.717, 1.165) is 70.7 Å². The SMILES string of the molecule is Cc1cc(Br)ccc1N1CC(C(=O)Nc2cc(Br)ccc2CN2CCN(Cc3ccccc3)CC2)CC1=O. The Kier molecular flexibility index (Phi) is 8.63. The number of piperazine rings is 1. The molecule has 0 bridgehead atoms. The smallest absolute Gasteiger partial charge is 0.229 e. The van der Waals surface area contributed by atoms with Gasteiger partial charge in [0.05, 0.1) is 5.92 Å². The summed E-state index contributed by atoms with van der Waals surface area (Å²) in [6.45, 7) is 8.12. The van der Waals surface area contributed by atoms with Crippen molar-refractivity contribution < 1.29 is 9.59 Å². The number of nitrogens with zero attached hydrogens (tertiary/aromatic N) is 3. The maximum Gasteiger partial charge on any atom is 0.229 e. The first-order valence-corrected chi connectivity index (χ1v) is 14.6. The van der Waals surface area contributed by atoms with Crippen LogP contribution in [0.25, 0.3) is 0 Å². The third kappa shape index (κ3) is 6.54. The molecule has 2 amide bonds. The fourth-order valence-corrected chi connectivity index (χ4v) is 6.10. The number of amides is 2. The third-order valence-corrected chi connectivity index (χ3v) is 8.37. The van der Waals surface area contributed by atoms with Gasteiger partial charge in [0.25, 0.3) is 0 Å². The van der Waals surface area contributed by atoms with Crippen molar-refractivity contribution in [2.24, 2.45) is 5.92 Å². The molecular weight excluding hydrogens is 608 g/mol. The van der Waals surface area contributed by atoms with Gasteiger partial charge in [-0.3, -0.25) is 19.4 Å². The highest BCUT2D eigenvalue weighted by Gasteiger charge is 2.36. The molecule has 1 atom stereocenters. The summed E-state index contributed by atoms with van der Waals surface area (Å²) in [7, 11) is 0. The average Bonchev–Trinajstić information content (AvgIpc) is 3.29. The van der Waals surface area contributed by atoms with Crippen molar-refractivity contribution in [3.8, 4) is 0 Å². The minimum atomic E-state index is -0.390. The van der Waals surface area contributed by atoms with Gasteiger partial charge in [-0.15, -0.1) is 0 Å². The molecule has 1 unspecified atom stereocenters. The minimum Gasteiger partial charge on any atom is -0.325 e. The highest BCUT2D eigenvalue weighted by atomic mass is 79.9. The fraction of sp³-hybridized carbons (Fsp3) is 0.333. The Labute approximate surface area is 241 Å². The topological polar surface area (TPSA) is 55.9 Å². The summed E-state index contributed by atoms with van der Waals surface area (Å²) in [5.74, 6) is -0.514. The number of aryl methyl sites for hydroxylation is 1. The van der Waals surface area contributed by atoms with E-state index >= 15 is 0 Å². The Hall–Kier alpha value is -2.52. The van der Waals surface area contributed by atoms with Crippen LogP contribution in [0.15, 0.2) is 75.7 Å². The van der Waals surface area contributed by atoms with Crippen molar-refractivity contribution in [3.05, 3.63) is 92.4 Å². The minimum absolute atomic E-state index is 0.0154. The average molecular weight is 640 g/mol. The fourth-order valence-electron chi connectivity index (χ4n) is 5.26. The van der Waals surface area contributed by atoms with Gasteiger partial charge in [-0.1, -0.05) is 68.3 Å². The molecule has 2 saturated heterocycles. The molecule has 1 N–H and O–H groups in total. The standard InChI is InChI=1S/C30H32Br2N4O2/c1-21-15-25(31)9-10-28(21)36-20-24(16-29(36)37)30(38)33-27-17-26(32)8-7-23(27)19-35-13-11-34(12-14-35)18-22-5-3-2-4-6-22/h2-10,15,17,24H,11-14,16,18-20H2,1H3,(H,33,38). The zero-order valence-electron chi connectivity index (χ0n) is 21.5. The van der Waals surface area contributed by atoms with E-state index in [0.29, 0.717) is 6.54 Å². The number of rotatable bonds is 7. The Bertz CT molecular complexity index is 1310. The molecule has 0 saturated carbocycles. The molecule has 0 spiro atoms. The molecule has 0 aromatic heterocycles. The second-order valence-electron chi connectivity index (χ2n) is 10.2. The van der Waals surface area contributed by atoms with E-state index in [1.807, 2.05) is 37.3 Å². The summed E-state index contributed by atoms with van der Waals surface area (Å²) in [5.41, 5.74) is 5.11. The zero-order valence-corrected chi connectivity index (χ0v) is 24.7. The summed E-state index contributed by atoms with van der Waals surface area (Å²) < 4.78 is 1.89. The summed E-state index contributed by atoms with van der Waals surface area (Å²) in [6, 6.07) is 22.5. The maximum atomic E-state index is 13.3. The first kappa shape index (κ1) is 27.1. The van der Waals surface area contributed by atoms with Crippen LogP contribution in [0, 0.1) is 12.8 Å². The Balaban J connectivity index is 1.20. The van der Waals surface area contributed by atoms with E-state index in [4.69, 9.17) is 0 Å². The van der Waals surface area contributed by atoms with Gasteiger partial charge in [0, 0.05) is 72.6 Å². The zero-order chi connectivity index (χ0) is 26.6. The first-order valence-electron chi connectivity index (χ1n) is 13.0. The van der Waals surface area contributed by atoms with Crippen LogP contribution in [-0.2, 0) is 22.7 Å². The van der Waals surface area contributed by atoms with Gasteiger partial charge in [-0.2, -0.15) is 0 Å². The van der Waals surface area contributed by atoms with Crippen molar-refractivity contribution in [2.75, 3.05) is 42.9 Å². The van der Waals surface area contributed by atoms with Gasteiger partial charge >= 0.3 is 0 Å². The van der Waals surface area contributed by atoms with Gasteiger partial charge in [0.1, 0.15) is 0 Å². The van der Waals surface area contributed by atoms with Gasteiger partial charge in [-0.25, -0.2) is 0 Å². The molecule has 0 radical (unpaired) electrons. The van der Waals surface area contributed by atoms with Crippen molar-refractivity contribution >= 4 is 55.0 Å². The van der Waals surface area contributed by atoms with Crippen molar-refractivity contribution in [1.29, 1.82) is 0 Å². The van der Waals surface area contributed by atoms with E-state index < -0.39 is 0 Å². The van der Waals surface area contributed by atoms with Gasteiger partial charge in [0.15, 0.2) is 0 Å². The summed E-state index contributed by atoms with van der Waals surface area (Å²) in [6.07, 6.45) is 0.216. The number of carbonyl (C=O) groups is 2. The Morgan fingerprint density at radius 2 is 1.55 bits per heavy atom. The second kappa shape index (κ2) is 12.1. The number of carbonyl (C=O) groups excluding carboxylic acids is 2. The monoisotopic (exact) mass is 638 g/mol. The molecule has 3 aromatic rings. The Morgan fingerprint density at radius 3 is 2.26 bits per heavy atom. The first-order chi connectivity index (χ1) is 18.4. The molecule has 8 heteroatoms. The van der Waals surface area contributed by atoms with Crippen LogP contribution in [0.1, 0.15) is 23.1 Å². The van der Waals surface area contributed by atoms with E-state index in [2.05, 4.69) is 83.4 Å². The molecule has 198 valence electrons. The van der Waals surface area contributed by atoms with Crippen LogP contribution >= 0.6 is 31.9 Å². The number of anilines is 2. The number of hydrogen-bond donors (Lipinski definition) is 1. The summed E-state index contributed by atoms with van der Waals surface area (Å²) in [5, 5.41) is 3.15. The molecule has 2 heterocycles. The molecule has 2 aliphatic heterocycles. The normalized spacial score (nSPS) is 18.7. The molecule has 5 rings (SSSR count). The van der Waals surface area contributed by atoms with Crippen LogP contribution in [-0.4, -0.2) is 54.3 Å². The lowest BCUT2D eigenvalue weighted by Gasteiger charge is -2.35. The lowest BCUT2D eigenvalue weighted by Crippen LogP contribution is -2.45. The predicted molar refractivity (Wildman–Crippen MR) is 159 cm³/mol. The quantitative estimate of drug-likeness (QED) is 0.354. The van der Waals surface area contributed by atoms with Crippen molar-refractivity contribution in [3.63, 3.8) is 0 Å². The summed E-state index contributed by atoms with van der Waals surface area (Å²) in [4.78, 5) is 32.8. The molecule has 0 aliphatic carbocycles. The van der Waals surface area contributed by atoms with Crippen molar-refractivity contribution in [2.45, 2.75) is 26.4 Å². The van der Waals surface area contributed by atoms with Crippen LogP contribution in [0.2, 0.25) is 0 Å². The van der Waals surface area contributed by atoms with Crippen LogP contribution in [0.4, 0.5) is 11.4 Å². The predicted octanol–water partition coefficient (Wildman–Crippen LogP) is 5.83. The number of benzene rings is 3. The highest BCUT2D eigenvalue weighted by Crippen LogP contribution is 2.31. The van der Waals surface area contributed by atoms with Gasteiger partial charge in [-0.05, 0) is 53.9 Å². The number of hydrogen-bond acceptors (Lipinski definition) is 4. The van der Waals surface area contributed by atoms with Crippen LogP contribution in [0.5, 0.6) is 0 Å². The van der Waals surface area contributed by atoms with E-state index in [-0.39, 0.29) is 24.2 Å². The number of nitrogens with one attached hydrogen (secondary N) is 1. The van der Waals surface area contributed by atoms with Gasteiger partial charge < -0.3 is 10.2 Å². The lowest BCUT2D eigenvalue weighted by atomic mass is 10.1. The maximum absolute atomic E-state index is 13.3. The van der Waals surface area contributed by atoms with Crippen LogP contribution < -0.4 is 10.2 Å². The largest absolute Gasteiger partial charge is 0.325 e. The summed E-state index contributed by atoms with van der Waals surface area (Å²) >= 11 is 7.04. The number of halogens is 2. The van der Waals surface area contributed by atoms with E-state index in [1.54, 1.807) is 4.90 Å². The highest BCUT2D eigenvalue weighted by molar-refractivity contribution is 9.10. The molecule has 38 heavy (non-hydrogen) atoms. The van der Waals surface area contributed by atoms with Gasteiger partial charge in [0.2, 0.25) is 11.8 Å².